The van der Waals surface area contributed by atoms with Gasteiger partial charge in [-0.3, -0.25) is 4.57 Å². The van der Waals surface area contributed by atoms with E-state index in [1.807, 2.05) is 60.7 Å². The van der Waals surface area contributed by atoms with E-state index in [2.05, 4.69) is 5.32 Å². The Morgan fingerprint density at radius 1 is 1.00 bits per heavy atom. The van der Waals surface area contributed by atoms with Crippen LogP contribution < -0.4 is 10.6 Å². The number of benzene rings is 2. The van der Waals surface area contributed by atoms with E-state index in [4.69, 9.17) is 16.1 Å². The fourth-order valence-electron chi connectivity index (χ4n) is 1.99. The third kappa shape index (κ3) is 4.98. The van der Waals surface area contributed by atoms with Crippen molar-refractivity contribution in [2.24, 2.45) is 0 Å². The van der Waals surface area contributed by atoms with Crippen molar-refractivity contribution in [2.45, 2.75) is 6.54 Å². The molecule has 0 aliphatic carbocycles. The Balaban J connectivity index is 2.01. The summed E-state index contributed by atoms with van der Waals surface area (Å²) in [6.45, 7) is 0.933. The van der Waals surface area contributed by atoms with Crippen molar-refractivity contribution in [3.63, 3.8) is 0 Å². The second-order valence-electron chi connectivity index (χ2n) is 4.60. The molecule has 2 rings (SSSR count). The maximum atomic E-state index is 13.0. The largest absolute Gasteiger partial charge is 0.323 e. The Morgan fingerprint density at radius 2 is 1.62 bits per heavy atom. The monoisotopic (exact) mass is 323 g/mol. The summed E-state index contributed by atoms with van der Waals surface area (Å²) >= 11 is 5.66. The molecule has 5 heteroatoms. The molecule has 0 radical (unpaired) electrons. The zero-order valence-electron chi connectivity index (χ0n) is 11.7. The van der Waals surface area contributed by atoms with Gasteiger partial charge in [0.15, 0.2) is 0 Å². The molecule has 1 unspecified atom stereocenters. The molecule has 0 saturated heterocycles. The number of nitrogens with one attached hydrogen (secondary N) is 1. The highest BCUT2D eigenvalue weighted by Gasteiger charge is 2.25. The first-order valence-electron chi connectivity index (χ1n) is 6.84. The van der Waals surface area contributed by atoms with Crippen LogP contribution in [0.15, 0.2) is 60.7 Å². The average Bonchev–Trinajstić information content (AvgIpc) is 2.55. The Hall–Kier alpha value is -1.12. The van der Waals surface area contributed by atoms with E-state index in [-0.39, 0.29) is 6.61 Å². The number of hydrogen-bond acceptors (Lipinski definition) is 3. The van der Waals surface area contributed by atoms with Crippen LogP contribution in [-0.4, -0.2) is 18.8 Å². The zero-order valence-corrected chi connectivity index (χ0v) is 13.4. The van der Waals surface area contributed by atoms with E-state index in [0.29, 0.717) is 18.7 Å². The van der Waals surface area contributed by atoms with Crippen LogP contribution >= 0.6 is 19.0 Å². The third-order valence-electron chi connectivity index (χ3n) is 3.02. The van der Waals surface area contributed by atoms with Crippen molar-refractivity contribution in [3.8, 4) is 0 Å². The summed E-state index contributed by atoms with van der Waals surface area (Å²) in [5.41, 5.74) is 1.15. The molecule has 0 fully saturated rings. The molecule has 21 heavy (non-hydrogen) atoms. The van der Waals surface area contributed by atoms with Crippen molar-refractivity contribution in [3.05, 3.63) is 66.2 Å². The summed E-state index contributed by atoms with van der Waals surface area (Å²) in [6, 6.07) is 19.3. The van der Waals surface area contributed by atoms with Gasteiger partial charge in [0.1, 0.15) is 0 Å². The predicted molar refractivity (Wildman–Crippen MR) is 88.5 cm³/mol. The molecule has 0 aliphatic rings. The molecule has 2 aromatic rings. The van der Waals surface area contributed by atoms with E-state index in [0.717, 1.165) is 10.9 Å². The average molecular weight is 324 g/mol. The molecular weight excluding hydrogens is 305 g/mol. The van der Waals surface area contributed by atoms with Gasteiger partial charge in [0, 0.05) is 17.7 Å². The van der Waals surface area contributed by atoms with Gasteiger partial charge < -0.3 is 9.84 Å². The number of hydrogen-bond donors (Lipinski definition) is 1. The number of alkyl halides is 1. The Morgan fingerprint density at radius 3 is 2.24 bits per heavy atom. The fourth-order valence-corrected chi connectivity index (χ4v) is 4.02. The van der Waals surface area contributed by atoms with Crippen LogP contribution in [0.3, 0.4) is 0 Å². The minimum atomic E-state index is -2.92. The first kappa shape index (κ1) is 16.3. The minimum Gasteiger partial charge on any atom is -0.323 e. The summed E-state index contributed by atoms with van der Waals surface area (Å²) in [7, 11) is -2.92. The van der Waals surface area contributed by atoms with Crippen LogP contribution in [-0.2, 0) is 15.6 Å². The minimum absolute atomic E-state index is 0.279. The summed E-state index contributed by atoms with van der Waals surface area (Å²) in [6.07, 6.45) is 0.294. The van der Waals surface area contributed by atoms with Crippen molar-refractivity contribution < 1.29 is 9.09 Å². The van der Waals surface area contributed by atoms with Gasteiger partial charge >= 0.3 is 0 Å². The Labute approximate surface area is 130 Å². The molecule has 0 aromatic heterocycles. The summed E-state index contributed by atoms with van der Waals surface area (Å²) in [4.78, 5) is 0. The second-order valence-corrected chi connectivity index (χ2v) is 7.42. The highest BCUT2D eigenvalue weighted by atomic mass is 35.5. The predicted octanol–water partition coefficient (Wildman–Crippen LogP) is 3.59. The Bertz CT molecular complexity index is 577. The van der Waals surface area contributed by atoms with Crippen molar-refractivity contribution in [1.82, 2.24) is 5.32 Å². The van der Waals surface area contributed by atoms with Gasteiger partial charge in [0.2, 0.25) is 7.37 Å². The molecule has 0 amide bonds. The standard InChI is InChI=1S/C16H19ClNO2P/c17-11-12-20-21(19,16-9-5-2-6-10-16)14-18-13-15-7-3-1-4-8-15/h1-10,18H,11-14H2. The molecule has 0 bridgehead atoms. The van der Waals surface area contributed by atoms with Crippen LogP contribution in [0, 0.1) is 0 Å². The van der Waals surface area contributed by atoms with Crippen LogP contribution in [0.5, 0.6) is 0 Å². The highest BCUT2D eigenvalue weighted by molar-refractivity contribution is 7.66. The van der Waals surface area contributed by atoms with Gasteiger partial charge in [-0.05, 0) is 17.7 Å². The molecule has 2 aromatic carbocycles. The fraction of sp³-hybridized carbons (Fsp3) is 0.250. The summed E-state index contributed by atoms with van der Waals surface area (Å²) in [5, 5.41) is 3.94. The first-order chi connectivity index (χ1) is 10.2. The second kappa shape index (κ2) is 8.35. The highest BCUT2D eigenvalue weighted by Crippen LogP contribution is 2.44. The van der Waals surface area contributed by atoms with Gasteiger partial charge in [-0.15, -0.1) is 11.6 Å². The quantitative estimate of drug-likeness (QED) is 0.596. The maximum absolute atomic E-state index is 13.0. The van der Waals surface area contributed by atoms with Crippen molar-refractivity contribution in [2.75, 3.05) is 18.8 Å². The summed E-state index contributed by atoms with van der Waals surface area (Å²) in [5.74, 6) is 0.329. The molecule has 1 N–H and O–H groups in total. The molecular formula is C16H19ClNO2P. The first-order valence-corrected chi connectivity index (χ1v) is 9.19. The van der Waals surface area contributed by atoms with E-state index >= 15 is 0 Å². The van der Waals surface area contributed by atoms with Crippen molar-refractivity contribution >= 4 is 24.3 Å². The molecule has 1 atom stereocenters. The maximum Gasteiger partial charge on any atom is 0.245 e. The van der Waals surface area contributed by atoms with Crippen LogP contribution in [0.4, 0.5) is 0 Å². The number of rotatable bonds is 8. The molecule has 0 saturated carbocycles. The Kier molecular flexibility index (Phi) is 6.47. The van der Waals surface area contributed by atoms with E-state index in [1.54, 1.807) is 0 Å². The lowest BCUT2D eigenvalue weighted by atomic mass is 10.2. The lowest BCUT2D eigenvalue weighted by Crippen LogP contribution is -2.22. The molecule has 3 nitrogen and oxygen atoms in total. The van der Waals surface area contributed by atoms with E-state index in [1.165, 1.54) is 0 Å². The van der Waals surface area contributed by atoms with E-state index in [9.17, 15) is 4.57 Å². The lowest BCUT2D eigenvalue weighted by molar-refractivity contribution is 0.340. The van der Waals surface area contributed by atoms with Crippen LogP contribution in [0.2, 0.25) is 0 Å². The number of halogens is 1. The SMILES string of the molecule is O=P(CNCc1ccccc1)(OCCCl)c1ccccc1. The van der Waals surface area contributed by atoms with E-state index < -0.39 is 7.37 Å². The smallest absolute Gasteiger partial charge is 0.245 e. The van der Waals surface area contributed by atoms with Gasteiger partial charge in [-0.2, -0.15) is 0 Å². The lowest BCUT2D eigenvalue weighted by Gasteiger charge is -2.19. The van der Waals surface area contributed by atoms with Gasteiger partial charge in [0.05, 0.1) is 12.9 Å². The van der Waals surface area contributed by atoms with Gasteiger partial charge in [-0.25, -0.2) is 0 Å². The third-order valence-corrected chi connectivity index (χ3v) is 5.50. The normalized spacial score (nSPS) is 13.8. The van der Waals surface area contributed by atoms with Crippen LogP contribution in [0.25, 0.3) is 0 Å². The van der Waals surface area contributed by atoms with Gasteiger partial charge in [0.25, 0.3) is 0 Å². The molecule has 112 valence electrons. The van der Waals surface area contributed by atoms with Gasteiger partial charge in [-0.1, -0.05) is 48.5 Å². The molecule has 0 spiro atoms. The topological polar surface area (TPSA) is 38.3 Å². The zero-order chi connectivity index (χ0) is 15.0. The molecule has 0 heterocycles. The van der Waals surface area contributed by atoms with Crippen LogP contribution in [0.1, 0.15) is 5.56 Å². The molecule has 0 aliphatic heterocycles. The van der Waals surface area contributed by atoms with Crippen molar-refractivity contribution in [1.29, 1.82) is 0 Å². The summed E-state index contributed by atoms with van der Waals surface area (Å²) < 4.78 is 18.6.